The summed E-state index contributed by atoms with van der Waals surface area (Å²) in [5, 5.41) is 8.99. The Morgan fingerprint density at radius 2 is 1.53 bits per heavy atom. The van der Waals surface area contributed by atoms with Gasteiger partial charge in [0.25, 0.3) is 0 Å². The highest BCUT2D eigenvalue weighted by Gasteiger charge is 2.24. The quantitative estimate of drug-likeness (QED) is 0.443. The number of ketones is 1. The summed E-state index contributed by atoms with van der Waals surface area (Å²) in [5.74, 6) is -1.81. The molecule has 0 bridgehead atoms. The van der Waals surface area contributed by atoms with E-state index in [0.29, 0.717) is 12.8 Å². The molecule has 0 saturated carbocycles. The number of Topliss-reactive ketones (excluding diaryl/α,β-unsaturated/α-hetero) is 1. The summed E-state index contributed by atoms with van der Waals surface area (Å²) >= 11 is 0. The minimum atomic E-state index is -0.947. The summed E-state index contributed by atoms with van der Waals surface area (Å²) in [6.07, 6.45) is 8.38. The molecule has 0 heterocycles. The largest absolute Gasteiger partial charge is 0.481 e. The van der Waals surface area contributed by atoms with Gasteiger partial charge in [0.2, 0.25) is 0 Å². The lowest BCUT2D eigenvalue weighted by atomic mass is 9.94. The van der Waals surface area contributed by atoms with Crippen LogP contribution in [0.3, 0.4) is 0 Å². The predicted molar refractivity (Wildman–Crippen MR) is 69.0 cm³/mol. The van der Waals surface area contributed by atoms with Gasteiger partial charge in [-0.25, -0.2) is 0 Å². The minimum absolute atomic E-state index is 0.103. The van der Waals surface area contributed by atoms with E-state index in [1.165, 1.54) is 19.3 Å². The SMILES string of the molecule is CCCCCCCCC(C(=O)O)C(=O)CCC. The van der Waals surface area contributed by atoms with Crippen molar-refractivity contribution < 1.29 is 14.7 Å². The molecule has 0 radical (unpaired) electrons. The van der Waals surface area contributed by atoms with Crippen LogP contribution < -0.4 is 0 Å². The standard InChI is InChI=1S/C14H26O3/c1-3-5-6-7-8-9-11-12(14(16)17)13(15)10-4-2/h12H,3-11H2,1-2H3,(H,16,17). The van der Waals surface area contributed by atoms with Gasteiger partial charge < -0.3 is 5.11 Å². The number of carbonyl (C=O) groups is 2. The molecule has 0 rings (SSSR count). The summed E-state index contributed by atoms with van der Waals surface area (Å²) in [5.41, 5.74) is 0. The zero-order chi connectivity index (χ0) is 13.1. The Morgan fingerprint density at radius 1 is 0.941 bits per heavy atom. The average Bonchev–Trinajstić information content (AvgIpc) is 2.27. The van der Waals surface area contributed by atoms with Crippen molar-refractivity contribution in [2.45, 2.75) is 71.6 Å². The van der Waals surface area contributed by atoms with E-state index >= 15 is 0 Å². The van der Waals surface area contributed by atoms with E-state index in [2.05, 4.69) is 6.92 Å². The van der Waals surface area contributed by atoms with Crippen molar-refractivity contribution >= 4 is 11.8 Å². The number of carboxylic acid groups (broad SMARTS) is 1. The molecule has 0 aliphatic rings. The Bertz CT molecular complexity index is 224. The van der Waals surface area contributed by atoms with Crippen LogP contribution in [0, 0.1) is 5.92 Å². The first-order chi connectivity index (χ1) is 8.13. The molecule has 0 aromatic carbocycles. The molecule has 0 saturated heterocycles. The molecule has 0 aromatic heterocycles. The van der Waals surface area contributed by atoms with Crippen LogP contribution in [-0.4, -0.2) is 16.9 Å². The zero-order valence-corrected chi connectivity index (χ0v) is 11.2. The van der Waals surface area contributed by atoms with E-state index in [1.54, 1.807) is 0 Å². The number of hydrogen-bond acceptors (Lipinski definition) is 2. The number of hydrogen-bond donors (Lipinski definition) is 1. The van der Waals surface area contributed by atoms with Crippen LogP contribution in [0.5, 0.6) is 0 Å². The average molecular weight is 242 g/mol. The lowest BCUT2D eigenvalue weighted by Gasteiger charge is -2.10. The molecule has 1 unspecified atom stereocenters. The van der Waals surface area contributed by atoms with Gasteiger partial charge in [-0.15, -0.1) is 0 Å². The van der Waals surface area contributed by atoms with Crippen molar-refractivity contribution in [3.8, 4) is 0 Å². The van der Waals surface area contributed by atoms with Crippen LogP contribution in [0.15, 0.2) is 0 Å². The van der Waals surface area contributed by atoms with E-state index in [0.717, 1.165) is 25.7 Å². The van der Waals surface area contributed by atoms with E-state index in [9.17, 15) is 9.59 Å². The summed E-state index contributed by atoms with van der Waals surface area (Å²) in [4.78, 5) is 22.5. The van der Waals surface area contributed by atoms with Gasteiger partial charge in [0.1, 0.15) is 11.7 Å². The van der Waals surface area contributed by atoms with Crippen molar-refractivity contribution in [3.05, 3.63) is 0 Å². The van der Waals surface area contributed by atoms with E-state index < -0.39 is 11.9 Å². The minimum Gasteiger partial charge on any atom is -0.481 e. The molecular formula is C14H26O3. The Balaban J connectivity index is 3.78. The molecule has 3 nitrogen and oxygen atoms in total. The number of carbonyl (C=O) groups excluding carboxylic acids is 1. The van der Waals surface area contributed by atoms with Crippen molar-refractivity contribution in [2.75, 3.05) is 0 Å². The van der Waals surface area contributed by atoms with Gasteiger partial charge in [0.05, 0.1) is 0 Å². The van der Waals surface area contributed by atoms with Gasteiger partial charge in [-0.2, -0.15) is 0 Å². The summed E-state index contributed by atoms with van der Waals surface area (Å²) in [6, 6.07) is 0. The van der Waals surface area contributed by atoms with Gasteiger partial charge >= 0.3 is 5.97 Å². The molecule has 0 aliphatic carbocycles. The van der Waals surface area contributed by atoms with Crippen molar-refractivity contribution in [2.24, 2.45) is 5.92 Å². The summed E-state index contributed by atoms with van der Waals surface area (Å²) in [7, 11) is 0. The fourth-order valence-electron chi connectivity index (χ4n) is 1.97. The maximum Gasteiger partial charge on any atom is 0.314 e. The fraction of sp³-hybridized carbons (Fsp3) is 0.857. The van der Waals surface area contributed by atoms with E-state index in [1.807, 2.05) is 6.92 Å². The maximum absolute atomic E-state index is 11.6. The van der Waals surface area contributed by atoms with Crippen molar-refractivity contribution in [1.82, 2.24) is 0 Å². The smallest absolute Gasteiger partial charge is 0.314 e. The molecule has 0 aliphatic heterocycles. The van der Waals surface area contributed by atoms with Gasteiger partial charge in [0, 0.05) is 6.42 Å². The Labute approximate surface area is 105 Å². The molecular weight excluding hydrogens is 216 g/mol. The Hall–Kier alpha value is -0.860. The highest BCUT2D eigenvalue weighted by molar-refractivity contribution is 5.98. The monoisotopic (exact) mass is 242 g/mol. The number of carboxylic acids is 1. The number of rotatable bonds is 11. The summed E-state index contributed by atoms with van der Waals surface area (Å²) < 4.78 is 0. The molecule has 1 atom stereocenters. The number of unbranched alkanes of at least 4 members (excludes halogenated alkanes) is 5. The topological polar surface area (TPSA) is 54.4 Å². The lowest BCUT2D eigenvalue weighted by Crippen LogP contribution is -2.23. The van der Waals surface area contributed by atoms with E-state index in [-0.39, 0.29) is 5.78 Å². The highest BCUT2D eigenvalue weighted by Crippen LogP contribution is 2.15. The molecule has 0 aromatic rings. The van der Waals surface area contributed by atoms with Crippen LogP contribution in [0.4, 0.5) is 0 Å². The zero-order valence-electron chi connectivity index (χ0n) is 11.2. The van der Waals surface area contributed by atoms with Crippen LogP contribution in [-0.2, 0) is 9.59 Å². The molecule has 17 heavy (non-hydrogen) atoms. The van der Waals surface area contributed by atoms with Crippen LogP contribution in [0.25, 0.3) is 0 Å². The van der Waals surface area contributed by atoms with Crippen LogP contribution in [0.2, 0.25) is 0 Å². The van der Waals surface area contributed by atoms with Crippen molar-refractivity contribution in [1.29, 1.82) is 0 Å². The third-order valence-electron chi connectivity index (χ3n) is 3.03. The fourth-order valence-corrected chi connectivity index (χ4v) is 1.97. The first kappa shape index (κ1) is 16.1. The second-order valence-electron chi connectivity index (χ2n) is 4.66. The van der Waals surface area contributed by atoms with Crippen molar-refractivity contribution in [3.63, 3.8) is 0 Å². The molecule has 0 amide bonds. The van der Waals surface area contributed by atoms with Gasteiger partial charge in [0.15, 0.2) is 0 Å². The highest BCUT2D eigenvalue weighted by atomic mass is 16.4. The Kier molecular flexibility index (Phi) is 9.78. The van der Waals surface area contributed by atoms with E-state index in [4.69, 9.17) is 5.11 Å². The first-order valence-electron chi connectivity index (χ1n) is 6.89. The molecule has 3 heteroatoms. The molecule has 1 N–H and O–H groups in total. The maximum atomic E-state index is 11.6. The predicted octanol–water partition coefficient (Wildman–Crippen LogP) is 3.81. The lowest BCUT2D eigenvalue weighted by molar-refractivity contribution is -0.146. The third kappa shape index (κ3) is 7.94. The van der Waals surface area contributed by atoms with Crippen LogP contribution in [0.1, 0.15) is 71.6 Å². The second-order valence-corrected chi connectivity index (χ2v) is 4.66. The molecule has 0 fully saturated rings. The molecule has 0 spiro atoms. The normalized spacial score (nSPS) is 12.4. The molecule has 100 valence electrons. The second kappa shape index (κ2) is 10.3. The van der Waals surface area contributed by atoms with Gasteiger partial charge in [-0.3, -0.25) is 9.59 Å². The first-order valence-corrected chi connectivity index (χ1v) is 6.89. The van der Waals surface area contributed by atoms with Gasteiger partial charge in [-0.1, -0.05) is 52.4 Å². The number of aliphatic carboxylic acids is 1. The third-order valence-corrected chi connectivity index (χ3v) is 3.03. The Morgan fingerprint density at radius 3 is 2.06 bits per heavy atom. The summed E-state index contributed by atoms with van der Waals surface area (Å²) in [6.45, 7) is 4.07. The van der Waals surface area contributed by atoms with Crippen LogP contribution >= 0.6 is 0 Å². The van der Waals surface area contributed by atoms with Gasteiger partial charge in [-0.05, 0) is 12.8 Å².